The van der Waals surface area contributed by atoms with Crippen LogP contribution in [0.2, 0.25) is 0 Å². The molecular formula is C30H36N2O2. The van der Waals surface area contributed by atoms with E-state index in [9.17, 15) is 10.2 Å². The van der Waals surface area contributed by atoms with E-state index in [1.54, 1.807) is 0 Å². The zero-order valence-corrected chi connectivity index (χ0v) is 21.1. The first-order valence-electron chi connectivity index (χ1n) is 12.1. The first-order chi connectivity index (χ1) is 16.2. The summed E-state index contributed by atoms with van der Waals surface area (Å²) in [5.74, 6) is 0.474. The van der Waals surface area contributed by atoms with Crippen LogP contribution in [0, 0.1) is 0 Å². The average molecular weight is 457 g/mol. The van der Waals surface area contributed by atoms with Crippen LogP contribution in [0.25, 0.3) is 32.7 Å². The molecule has 0 aromatic heterocycles. The zero-order chi connectivity index (χ0) is 24.6. The molecule has 0 unspecified atom stereocenters. The van der Waals surface area contributed by atoms with Gasteiger partial charge in [-0.2, -0.15) is 0 Å². The standard InChI is InChI=1S/C30H36N2O2/c1-19(2)32(20(3)4)18-24-16-22-12-8-10-14-26(22)28(30(24)34)27-25-13-9-7-11-21(25)15-23(29(27)33)17-31(5)6/h7-16,19-20,33-34H,17-18H2,1-6H3. The van der Waals surface area contributed by atoms with Gasteiger partial charge in [0.15, 0.2) is 0 Å². The molecule has 4 rings (SSSR count). The normalized spacial score (nSPS) is 12.2. The summed E-state index contributed by atoms with van der Waals surface area (Å²) in [7, 11) is 3.99. The van der Waals surface area contributed by atoms with Crippen molar-refractivity contribution in [3.8, 4) is 22.6 Å². The fourth-order valence-electron chi connectivity index (χ4n) is 5.04. The number of aromatic hydroxyl groups is 2. The Hall–Kier alpha value is -3.08. The number of fused-ring (bicyclic) bond motifs is 2. The Morgan fingerprint density at radius 1 is 0.647 bits per heavy atom. The van der Waals surface area contributed by atoms with Crippen LogP contribution in [0.4, 0.5) is 0 Å². The van der Waals surface area contributed by atoms with Gasteiger partial charge in [0.1, 0.15) is 11.5 Å². The summed E-state index contributed by atoms with van der Waals surface area (Å²) in [6.45, 7) is 9.98. The summed E-state index contributed by atoms with van der Waals surface area (Å²) in [5.41, 5.74) is 3.12. The van der Waals surface area contributed by atoms with E-state index < -0.39 is 0 Å². The molecule has 0 radical (unpaired) electrons. The van der Waals surface area contributed by atoms with Gasteiger partial charge in [0, 0.05) is 47.4 Å². The van der Waals surface area contributed by atoms with Crippen LogP contribution < -0.4 is 0 Å². The van der Waals surface area contributed by atoms with Gasteiger partial charge < -0.3 is 15.1 Å². The Morgan fingerprint density at radius 2 is 1.06 bits per heavy atom. The highest BCUT2D eigenvalue weighted by Gasteiger charge is 2.24. The number of rotatable bonds is 7. The Kier molecular flexibility index (Phi) is 6.83. The van der Waals surface area contributed by atoms with Crippen LogP contribution in [0.15, 0.2) is 60.7 Å². The van der Waals surface area contributed by atoms with Gasteiger partial charge in [-0.05, 0) is 75.5 Å². The molecule has 34 heavy (non-hydrogen) atoms. The van der Waals surface area contributed by atoms with Gasteiger partial charge in [0.25, 0.3) is 0 Å². The maximum Gasteiger partial charge on any atom is 0.128 e. The zero-order valence-electron chi connectivity index (χ0n) is 21.1. The van der Waals surface area contributed by atoms with Gasteiger partial charge >= 0.3 is 0 Å². The van der Waals surface area contributed by atoms with Crippen molar-refractivity contribution in [1.82, 2.24) is 9.80 Å². The number of hydrogen-bond acceptors (Lipinski definition) is 4. The molecule has 4 aromatic carbocycles. The Morgan fingerprint density at radius 3 is 1.47 bits per heavy atom. The molecule has 0 aliphatic carbocycles. The lowest BCUT2D eigenvalue weighted by atomic mass is 9.88. The van der Waals surface area contributed by atoms with Crippen LogP contribution in [0.5, 0.6) is 11.5 Å². The number of phenolic OH excluding ortho intramolecular Hbond substituents is 2. The molecule has 4 nitrogen and oxygen atoms in total. The van der Waals surface area contributed by atoms with Crippen molar-refractivity contribution in [2.45, 2.75) is 52.9 Å². The van der Waals surface area contributed by atoms with Gasteiger partial charge in [-0.25, -0.2) is 0 Å². The van der Waals surface area contributed by atoms with Gasteiger partial charge in [0.2, 0.25) is 0 Å². The van der Waals surface area contributed by atoms with Crippen LogP contribution >= 0.6 is 0 Å². The van der Waals surface area contributed by atoms with Crippen molar-refractivity contribution in [2.24, 2.45) is 0 Å². The molecule has 0 amide bonds. The monoisotopic (exact) mass is 456 g/mol. The van der Waals surface area contributed by atoms with E-state index in [0.717, 1.165) is 32.7 Å². The molecule has 0 aliphatic heterocycles. The topological polar surface area (TPSA) is 46.9 Å². The average Bonchev–Trinajstić information content (AvgIpc) is 2.78. The van der Waals surface area contributed by atoms with Crippen LogP contribution in [-0.4, -0.2) is 46.2 Å². The van der Waals surface area contributed by atoms with Gasteiger partial charge in [-0.3, -0.25) is 4.90 Å². The molecule has 0 bridgehead atoms. The highest BCUT2D eigenvalue weighted by Crippen LogP contribution is 2.48. The minimum atomic E-state index is 0.231. The summed E-state index contributed by atoms with van der Waals surface area (Å²) >= 11 is 0. The Balaban J connectivity index is 2.07. The van der Waals surface area contributed by atoms with E-state index in [0.29, 0.717) is 36.3 Å². The molecule has 0 spiro atoms. The number of benzene rings is 4. The second-order valence-corrected chi connectivity index (χ2v) is 10.1. The molecule has 4 heteroatoms. The molecule has 0 atom stereocenters. The predicted octanol–water partition coefficient (Wildman–Crippen LogP) is 6.75. The molecular weight excluding hydrogens is 420 g/mol. The molecule has 4 aromatic rings. The SMILES string of the molecule is CC(C)N(Cc1cc2ccccc2c(-c2c(O)c(CN(C)C)cc3ccccc23)c1O)C(C)C. The smallest absolute Gasteiger partial charge is 0.128 e. The predicted molar refractivity (Wildman–Crippen MR) is 143 cm³/mol. The van der Waals surface area contributed by atoms with E-state index in [1.165, 1.54) is 0 Å². The maximum atomic E-state index is 11.8. The Labute approximate surface area is 203 Å². The van der Waals surface area contributed by atoms with E-state index in [-0.39, 0.29) is 11.5 Å². The van der Waals surface area contributed by atoms with Gasteiger partial charge in [0.05, 0.1) is 0 Å². The minimum Gasteiger partial charge on any atom is -0.507 e. The van der Waals surface area contributed by atoms with E-state index >= 15 is 0 Å². The summed E-state index contributed by atoms with van der Waals surface area (Å²) in [4.78, 5) is 4.42. The lowest BCUT2D eigenvalue weighted by Gasteiger charge is -2.31. The second kappa shape index (κ2) is 9.65. The van der Waals surface area contributed by atoms with E-state index in [2.05, 4.69) is 56.9 Å². The van der Waals surface area contributed by atoms with E-state index in [1.807, 2.05) is 55.4 Å². The lowest BCUT2D eigenvalue weighted by Crippen LogP contribution is -2.36. The number of phenols is 2. The van der Waals surface area contributed by atoms with E-state index in [4.69, 9.17) is 0 Å². The van der Waals surface area contributed by atoms with Gasteiger partial charge in [-0.15, -0.1) is 0 Å². The second-order valence-electron chi connectivity index (χ2n) is 10.1. The molecule has 178 valence electrons. The van der Waals surface area contributed by atoms with Crippen LogP contribution in [0.1, 0.15) is 38.8 Å². The van der Waals surface area contributed by atoms with Crippen molar-refractivity contribution in [2.75, 3.05) is 14.1 Å². The van der Waals surface area contributed by atoms with Crippen molar-refractivity contribution in [1.29, 1.82) is 0 Å². The molecule has 0 fully saturated rings. The summed E-state index contributed by atoms with van der Waals surface area (Å²) in [6.07, 6.45) is 0. The summed E-state index contributed by atoms with van der Waals surface area (Å²) < 4.78 is 0. The molecule has 0 aliphatic rings. The fraction of sp³-hybridized carbons (Fsp3) is 0.333. The number of nitrogens with zero attached hydrogens (tertiary/aromatic N) is 2. The van der Waals surface area contributed by atoms with Crippen molar-refractivity contribution in [3.63, 3.8) is 0 Å². The third-order valence-electron chi connectivity index (χ3n) is 6.62. The highest BCUT2D eigenvalue weighted by atomic mass is 16.3. The van der Waals surface area contributed by atoms with Crippen molar-refractivity contribution in [3.05, 3.63) is 71.8 Å². The fourth-order valence-corrected chi connectivity index (χ4v) is 5.04. The molecule has 0 heterocycles. The van der Waals surface area contributed by atoms with Crippen LogP contribution in [0.3, 0.4) is 0 Å². The first kappa shape index (κ1) is 24.1. The van der Waals surface area contributed by atoms with Crippen molar-refractivity contribution >= 4 is 21.5 Å². The minimum absolute atomic E-state index is 0.231. The lowest BCUT2D eigenvalue weighted by molar-refractivity contribution is 0.164. The largest absolute Gasteiger partial charge is 0.507 e. The molecule has 2 N–H and O–H groups in total. The third-order valence-corrected chi connectivity index (χ3v) is 6.62. The first-order valence-corrected chi connectivity index (χ1v) is 12.1. The van der Waals surface area contributed by atoms with Crippen LogP contribution in [-0.2, 0) is 13.1 Å². The maximum absolute atomic E-state index is 11.8. The third kappa shape index (κ3) is 4.48. The van der Waals surface area contributed by atoms with Gasteiger partial charge in [-0.1, -0.05) is 48.5 Å². The van der Waals surface area contributed by atoms with Crippen molar-refractivity contribution < 1.29 is 10.2 Å². The molecule has 0 saturated heterocycles. The summed E-state index contributed by atoms with van der Waals surface area (Å²) in [6, 6.07) is 21.0. The molecule has 0 saturated carbocycles. The Bertz CT molecular complexity index is 1320. The number of hydrogen-bond donors (Lipinski definition) is 2. The quantitative estimate of drug-likeness (QED) is 0.323. The highest BCUT2D eigenvalue weighted by molar-refractivity contribution is 6.10. The summed E-state index contributed by atoms with van der Waals surface area (Å²) in [5, 5.41) is 27.3.